The van der Waals surface area contributed by atoms with Gasteiger partial charge in [0.2, 0.25) is 5.91 Å². The number of aromatic nitrogens is 3. The highest BCUT2D eigenvalue weighted by molar-refractivity contribution is 7.99. The number of rotatable bonds is 8. The summed E-state index contributed by atoms with van der Waals surface area (Å²) in [5.41, 5.74) is 6.49. The van der Waals surface area contributed by atoms with Crippen LogP contribution < -0.4 is 10.6 Å². The zero-order chi connectivity index (χ0) is 25.7. The Kier molecular flexibility index (Phi) is 7.85. The van der Waals surface area contributed by atoms with Crippen molar-refractivity contribution in [3.63, 3.8) is 0 Å². The van der Waals surface area contributed by atoms with Crippen molar-refractivity contribution in [2.24, 2.45) is 0 Å². The molecular weight excluding hydrogens is 470 g/mol. The standard InChI is InChI=1S/C28H29N5O2S/c1-18-7-5-9-22(13-18)27(35)29-16-25-31-32-28(33(25)24-15-20(3)11-12-21(24)4)36-17-26(34)30-23-10-6-8-19(2)14-23/h5-15H,16-17H2,1-4H3,(H,29,35)(H,30,34). The van der Waals surface area contributed by atoms with E-state index in [0.717, 1.165) is 33.6 Å². The molecule has 8 heteroatoms. The zero-order valence-corrected chi connectivity index (χ0v) is 21.6. The van der Waals surface area contributed by atoms with Crippen LogP contribution in [0.15, 0.2) is 71.9 Å². The molecule has 7 nitrogen and oxygen atoms in total. The van der Waals surface area contributed by atoms with Gasteiger partial charge >= 0.3 is 0 Å². The van der Waals surface area contributed by atoms with Crippen LogP contribution in [-0.4, -0.2) is 32.3 Å². The molecule has 0 bridgehead atoms. The van der Waals surface area contributed by atoms with Crippen molar-refractivity contribution in [3.8, 4) is 5.69 Å². The Balaban J connectivity index is 1.55. The third-order valence-corrected chi connectivity index (χ3v) is 6.56. The molecule has 0 unspecified atom stereocenters. The molecule has 36 heavy (non-hydrogen) atoms. The molecule has 0 spiro atoms. The summed E-state index contributed by atoms with van der Waals surface area (Å²) in [6.07, 6.45) is 0. The summed E-state index contributed by atoms with van der Waals surface area (Å²) in [7, 11) is 0. The number of benzene rings is 3. The van der Waals surface area contributed by atoms with Crippen molar-refractivity contribution in [2.45, 2.75) is 39.4 Å². The Labute approximate surface area is 215 Å². The van der Waals surface area contributed by atoms with E-state index < -0.39 is 0 Å². The third kappa shape index (κ3) is 6.20. The van der Waals surface area contributed by atoms with Crippen molar-refractivity contribution in [2.75, 3.05) is 11.1 Å². The first kappa shape index (κ1) is 25.2. The molecule has 0 saturated heterocycles. The van der Waals surface area contributed by atoms with E-state index in [1.807, 2.05) is 86.9 Å². The molecule has 0 aliphatic rings. The second kappa shape index (κ2) is 11.2. The van der Waals surface area contributed by atoms with E-state index >= 15 is 0 Å². The molecule has 4 aromatic rings. The summed E-state index contributed by atoms with van der Waals surface area (Å²) in [6, 6.07) is 21.3. The van der Waals surface area contributed by atoms with E-state index in [9.17, 15) is 9.59 Å². The maximum Gasteiger partial charge on any atom is 0.251 e. The number of thioether (sulfide) groups is 1. The van der Waals surface area contributed by atoms with E-state index in [1.54, 1.807) is 6.07 Å². The number of hydrogen-bond acceptors (Lipinski definition) is 5. The van der Waals surface area contributed by atoms with Crippen LogP contribution in [0.2, 0.25) is 0 Å². The van der Waals surface area contributed by atoms with Crippen molar-refractivity contribution < 1.29 is 9.59 Å². The highest BCUT2D eigenvalue weighted by atomic mass is 32.2. The van der Waals surface area contributed by atoms with Gasteiger partial charge < -0.3 is 10.6 Å². The van der Waals surface area contributed by atoms with Gasteiger partial charge in [-0.15, -0.1) is 10.2 Å². The summed E-state index contributed by atoms with van der Waals surface area (Å²) in [5, 5.41) is 15.2. The fourth-order valence-corrected chi connectivity index (χ4v) is 4.57. The smallest absolute Gasteiger partial charge is 0.251 e. The maximum atomic E-state index is 12.7. The Bertz CT molecular complexity index is 1410. The van der Waals surface area contributed by atoms with E-state index in [0.29, 0.717) is 16.5 Å². The van der Waals surface area contributed by atoms with Gasteiger partial charge in [0.25, 0.3) is 5.91 Å². The van der Waals surface area contributed by atoms with Crippen LogP contribution in [0.5, 0.6) is 0 Å². The normalized spacial score (nSPS) is 10.8. The lowest BCUT2D eigenvalue weighted by atomic mass is 10.1. The van der Waals surface area contributed by atoms with E-state index in [4.69, 9.17) is 0 Å². The largest absolute Gasteiger partial charge is 0.345 e. The molecule has 0 aliphatic heterocycles. The lowest BCUT2D eigenvalue weighted by molar-refractivity contribution is -0.113. The monoisotopic (exact) mass is 499 g/mol. The third-order valence-electron chi connectivity index (χ3n) is 5.63. The van der Waals surface area contributed by atoms with Crippen LogP contribution in [0.25, 0.3) is 5.69 Å². The molecule has 4 rings (SSSR count). The molecule has 3 aromatic carbocycles. The second-order valence-corrected chi connectivity index (χ2v) is 9.73. The van der Waals surface area contributed by atoms with Gasteiger partial charge in [-0.05, 0) is 74.7 Å². The number of nitrogens with one attached hydrogen (secondary N) is 2. The maximum absolute atomic E-state index is 12.7. The number of carbonyl (C=O) groups is 2. The lowest BCUT2D eigenvalue weighted by Gasteiger charge is -2.14. The number of nitrogens with zero attached hydrogens (tertiary/aromatic N) is 3. The molecule has 0 atom stereocenters. The van der Waals surface area contributed by atoms with Gasteiger partial charge in [-0.2, -0.15) is 0 Å². The first-order chi connectivity index (χ1) is 17.3. The van der Waals surface area contributed by atoms with Crippen LogP contribution in [-0.2, 0) is 11.3 Å². The topological polar surface area (TPSA) is 88.9 Å². The summed E-state index contributed by atoms with van der Waals surface area (Å²) >= 11 is 1.31. The minimum absolute atomic E-state index is 0.129. The summed E-state index contributed by atoms with van der Waals surface area (Å²) < 4.78 is 1.92. The number of hydrogen-bond donors (Lipinski definition) is 2. The molecular formula is C28H29N5O2S. The van der Waals surface area contributed by atoms with Gasteiger partial charge in [0.15, 0.2) is 11.0 Å². The number of anilines is 1. The minimum Gasteiger partial charge on any atom is -0.345 e. The summed E-state index contributed by atoms with van der Waals surface area (Å²) in [4.78, 5) is 25.4. The van der Waals surface area contributed by atoms with Gasteiger partial charge in [-0.3, -0.25) is 14.2 Å². The molecule has 1 aromatic heterocycles. The Morgan fingerprint density at radius 1 is 0.861 bits per heavy atom. The van der Waals surface area contributed by atoms with Gasteiger partial charge in [-0.25, -0.2) is 0 Å². The Hall–Kier alpha value is -3.91. The Morgan fingerprint density at radius 2 is 1.58 bits per heavy atom. The first-order valence-electron chi connectivity index (χ1n) is 11.7. The number of aryl methyl sites for hydroxylation is 4. The zero-order valence-electron chi connectivity index (χ0n) is 20.8. The average molecular weight is 500 g/mol. The fourth-order valence-electron chi connectivity index (χ4n) is 3.81. The number of carbonyl (C=O) groups excluding carboxylic acids is 2. The highest BCUT2D eigenvalue weighted by Crippen LogP contribution is 2.25. The predicted octanol–water partition coefficient (Wildman–Crippen LogP) is 5.16. The molecule has 2 amide bonds. The number of amides is 2. The Morgan fingerprint density at radius 3 is 2.33 bits per heavy atom. The minimum atomic E-state index is -0.180. The van der Waals surface area contributed by atoms with Crippen molar-refractivity contribution in [1.82, 2.24) is 20.1 Å². The summed E-state index contributed by atoms with van der Waals surface area (Å²) in [6.45, 7) is 8.17. The van der Waals surface area contributed by atoms with Gasteiger partial charge in [0.1, 0.15) is 0 Å². The SMILES string of the molecule is Cc1cccc(NC(=O)CSc2nnc(CNC(=O)c3cccc(C)c3)n2-c2cc(C)ccc2C)c1. The molecule has 0 saturated carbocycles. The van der Waals surface area contributed by atoms with E-state index in [-0.39, 0.29) is 24.1 Å². The molecule has 0 aliphatic carbocycles. The molecule has 1 heterocycles. The van der Waals surface area contributed by atoms with Crippen LogP contribution in [0, 0.1) is 27.7 Å². The molecule has 184 valence electrons. The van der Waals surface area contributed by atoms with Crippen LogP contribution in [0.1, 0.15) is 38.4 Å². The van der Waals surface area contributed by atoms with Crippen LogP contribution >= 0.6 is 11.8 Å². The van der Waals surface area contributed by atoms with Crippen LogP contribution in [0.4, 0.5) is 5.69 Å². The highest BCUT2D eigenvalue weighted by Gasteiger charge is 2.18. The first-order valence-corrected chi connectivity index (χ1v) is 12.6. The van der Waals surface area contributed by atoms with Crippen molar-refractivity contribution in [3.05, 3.63) is 100 Å². The average Bonchev–Trinajstić information content (AvgIpc) is 3.25. The van der Waals surface area contributed by atoms with Crippen LogP contribution in [0.3, 0.4) is 0 Å². The van der Waals surface area contributed by atoms with E-state index in [1.165, 1.54) is 11.8 Å². The fraction of sp³-hybridized carbons (Fsp3) is 0.214. The molecule has 2 N–H and O–H groups in total. The summed E-state index contributed by atoms with van der Waals surface area (Å²) in [5.74, 6) is 0.453. The second-order valence-electron chi connectivity index (χ2n) is 8.78. The quantitative estimate of drug-likeness (QED) is 0.327. The van der Waals surface area contributed by atoms with Gasteiger partial charge in [-0.1, -0.05) is 53.7 Å². The van der Waals surface area contributed by atoms with Crippen molar-refractivity contribution in [1.29, 1.82) is 0 Å². The van der Waals surface area contributed by atoms with Gasteiger partial charge in [0, 0.05) is 11.3 Å². The van der Waals surface area contributed by atoms with Gasteiger partial charge in [0.05, 0.1) is 18.0 Å². The van der Waals surface area contributed by atoms with E-state index in [2.05, 4.69) is 26.9 Å². The lowest BCUT2D eigenvalue weighted by Crippen LogP contribution is -2.25. The molecule has 0 radical (unpaired) electrons. The van der Waals surface area contributed by atoms with Crippen molar-refractivity contribution >= 4 is 29.3 Å². The predicted molar refractivity (Wildman–Crippen MR) is 144 cm³/mol. The molecule has 0 fully saturated rings.